The van der Waals surface area contributed by atoms with Crippen LogP contribution in [0.5, 0.6) is 0 Å². The molecule has 0 N–H and O–H groups in total. The minimum Gasteiger partial charge on any atom is -0.303 e. The maximum Gasteiger partial charge on any atom is 0.279 e. The van der Waals surface area contributed by atoms with Crippen molar-refractivity contribution in [3.8, 4) is 12.3 Å². The van der Waals surface area contributed by atoms with Crippen molar-refractivity contribution >= 4 is 49.1 Å². The summed E-state index contributed by atoms with van der Waals surface area (Å²) in [4.78, 5) is 17.3. The summed E-state index contributed by atoms with van der Waals surface area (Å²) in [6.45, 7) is 0.218. The first-order valence-electron chi connectivity index (χ1n) is 8.08. The number of sulfonamides is 1. The predicted molar refractivity (Wildman–Crippen MR) is 111 cm³/mol. The average Bonchev–Trinajstić information content (AvgIpc) is 3.00. The maximum absolute atomic E-state index is 12.6. The summed E-state index contributed by atoms with van der Waals surface area (Å²) in [5.74, 6) is 2.05. The maximum atomic E-state index is 12.6. The largest absolute Gasteiger partial charge is 0.303 e. The van der Waals surface area contributed by atoms with Crippen LogP contribution in [0.25, 0.3) is 10.2 Å². The second kappa shape index (κ2) is 7.89. The van der Waals surface area contributed by atoms with Crippen molar-refractivity contribution < 1.29 is 13.2 Å². The first-order valence-corrected chi connectivity index (χ1v) is 10.7. The fraction of sp³-hybridized carbons (Fsp3) is 0.158. The lowest BCUT2D eigenvalue weighted by Gasteiger charge is -2.11. The SMILES string of the molecule is C#CCn1c(=NC(=O)c2ccc(S(=O)(=O)N(C)C)cc2)sc2cccc(Cl)c21. The number of thiazole rings is 1. The lowest BCUT2D eigenvalue weighted by Crippen LogP contribution is -2.22. The van der Waals surface area contributed by atoms with E-state index in [1.54, 1.807) is 10.6 Å². The molecule has 3 aromatic rings. The number of amides is 1. The molecule has 6 nitrogen and oxygen atoms in total. The van der Waals surface area contributed by atoms with E-state index in [1.807, 2.05) is 12.1 Å². The first-order chi connectivity index (χ1) is 13.3. The van der Waals surface area contributed by atoms with Gasteiger partial charge in [-0.25, -0.2) is 12.7 Å². The van der Waals surface area contributed by atoms with Gasteiger partial charge in [-0.1, -0.05) is 34.9 Å². The van der Waals surface area contributed by atoms with Crippen molar-refractivity contribution in [2.45, 2.75) is 11.4 Å². The second-order valence-electron chi connectivity index (χ2n) is 5.99. The lowest BCUT2D eigenvalue weighted by atomic mass is 10.2. The van der Waals surface area contributed by atoms with E-state index in [4.69, 9.17) is 18.0 Å². The summed E-state index contributed by atoms with van der Waals surface area (Å²) in [5.41, 5.74) is 1.000. The van der Waals surface area contributed by atoms with E-state index in [9.17, 15) is 13.2 Å². The third-order valence-electron chi connectivity index (χ3n) is 3.98. The monoisotopic (exact) mass is 433 g/mol. The van der Waals surface area contributed by atoms with Crippen molar-refractivity contribution in [1.82, 2.24) is 8.87 Å². The quantitative estimate of drug-likeness (QED) is 0.594. The number of aromatic nitrogens is 1. The van der Waals surface area contributed by atoms with Gasteiger partial charge in [-0.2, -0.15) is 4.99 Å². The van der Waals surface area contributed by atoms with Crippen LogP contribution in [0.1, 0.15) is 10.4 Å². The molecule has 2 aromatic carbocycles. The highest BCUT2D eigenvalue weighted by molar-refractivity contribution is 7.89. The van der Waals surface area contributed by atoms with Crippen LogP contribution in [-0.4, -0.2) is 37.3 Å². The summed E-state index contributed by atoms with van der Waals surface area (Å²) in [5, 5.41) is 0.524. The van der Waals surface area contributed by atoms with Crippen molar-refractivity contribution in [2.75, 3.05) is 14.1 Å². The molecule has 0 radical (unpaired) electrons. The predicted octanol–water partition coefficient (Wildman–Crippen LogP) is 2.98. The number of carbonyl (C=O) groups is 1. The molecule has 0 aliphatic heterocycles. The summed E-state index contributed by atoms with van der Waals surface area (Å²) in [7, 11) is -0.672. The Balaban J connectivity index is 2.05. The summed E-state index contributed by atoms with van der Waals surface area (Å²) >= 11 is 7.59. The molecule has 0 saturated carbocycles. The van der Waals surface area contributed by atoms with Gasteiger partial charge in [-0.15, -0.1) is 6.42 Å². The number of carbonyl (C=O) groups excluding carboxylic acids is 1. The molecule has 0 atom stereocenters. The van der Waals surface area contributed by atoms with Gasteiger partial charge in [-0.05, 0) is 36.4 Å². The van der Waals surface area contributed by atoms with E-state index in [0.29, 0.717) is 9.82 Å². The third kappa shape index (κ3) is 3.75. The van der Waals surface area contributed by atoms with Crippen molar-refractivity contribution in [3.63, 3.8) is 0 Å². The highest BCUT2D eigenvalue weighted by Crippen LogP contribution is 2.25. The van der Waals surface area contributed by atoms with Crippen LogP contribution in [0, 0.1) is 12.3 Å². The number of fused-ring (bicyclic) bond motifs is 1. The zero-order valence-corrected chi connectivity index (χ0v) is 17.5. The van der Waals surface area contributed by atoms with E-state index in [-0.39, 0.29) is 17.0 Å². The third-order valence-corrected chi connectivity index (χ3v) is 7.16. The Bertz CT molecular complexity index is 1260. The fourth-order valence-electron chi connectivity index (χ4n) is 2.54. The molecule has 3 rings (SSSR count). The zero-order chi connectivity index (χ0) is 20.5. The molecule has 0 unspecified atom stereocenters. The molecule has 144 valence electrons. The number of rotatable bonds is 4. The van der Waals surface area contributed by atoms with Gasteiger partial charge in [0.05, 0.1) is 26.7 Å². The topological polar surface area (TPSA) is 71.7 Å². The Kier molecular flexibility index (Phi) is 5.72. The number of halogens is 1. The molecule has 0 saturated heterocycles. The molecule has 0 bridgehead atoms. The number of para-hydroxylation sites is 1. The van der Waals surface area contributed by atoms with Gasteiger partial charge in [0.15, 0.2) is 4.80 Å². The van der Waals surface area contributed by atoms with Gasteiger partial charge >= 0.3 is 0 Å². The van der Waals surface area contributed by atoms with Gasteiger partial charge in [0.25, 0.3) is 5.91 Å². The molecule has 0 spiro atoms. The highest BCUT2D eigenvalue weighted by Gasteiger charge is 2.17. The lowest BCUT2D eigenvalue weighted by molar-refractivity contribution is 0.0998. The normalized spacial score (nSPS) is 12.5. The van der Waals surface area contributed by atoms with Crippen LogP contribution in [-0.2, 0) is 16.6 Å². The van der Waals surface area contributed by atoms with Crippen molar-refractivity contribution in [2.24, 2.45) is 4.99 Å². The molecule has 9 heteroatoms. The van der Waals surface area contributed by atoms with E-state index >= 15 is 0 Å². The Labute approximate surface area is 171 Å². The van der Waals surface area contributed by atoms with Crippen LogP contribution < -0.4 is 4.80 Å². The minimum absolute atomic E-state index is 0.102. The number of hydrogen-bond acceptors (Lipinski definition) is 4. The van der Waals surface area contributed by atoms with E-state index < -0.39 is 15.9 Å². The summed E-state index contributed by atoms with van der Waals surface area (Å²) in [6, 6.07) is 11.1. The van der Waals surface area contributed by atoms with Crippen LogP contribution in [0.4, 0.5) is 0 Å². The van der Waals surface area contributed by atoms with Crippen LogP contribution in [0.15, 0.2) is 52.4 Å². The average molecular weight is 434 g/mol. The van der Waals surface area contributed by atoms with E-state index in [0.717, 1.165) is 14.5 Å². The Morgan fingerprint density at radius 2 is 1.93 bits per heavy atom. The van der Waals surface area contributed by atoms with Gasteiger partial charge in [0, 0.05) is 19.7 Å². The molecule has 28 heavy (non-hydrogen) atoms. The zero-order valence-electron chi connectivity index (χ0n) is 15.1. The van der Waals surface area contributed by atoms with Gasteiger partial charge in [0.1, 0.15) is 0 Å². The molecule has 1 amide bonds. The number of nitrogens with zero attached hydrogens (tertiary/aromatic N) is 3. The van der Waals surface area contributed by atoms with Gasteiger partial charge in [-0.3, -0.25) is 4.79 Å². The Morgan fingerprint density at radius 3 is 2.54 bits per heavy atom. The molecule has 1 aromatic heterocycles. The van der Waals surface area contributed by atoms with Crippen LogP contribution in [0.3, 0.4) is 0 Å². The van der Waals surface area contributed by atoms with Gasteiger partial charge in [0.2, 0.25) is 10.0 Å². The van der Waals surface area contributed by atoms with Crippen molar-refractivity contribution in [1.29, 1.82) is 0 Å². The number of hydrogen-bond donors (Lipinski definition) is 0. The number of benzene rings is 2. The molecule has 1 heterocycles. The first kappa shape index (κ1) is 20.3. The molecular formula is C19H16ClN3O3S2. The smallest absolute Gasteiger partial charge is 0.279 e. The van der Waals surface area contributed by atoms with E-state index in [2.05, 4.69) is 10.9 Å². The highest BCUT2D eigenvalue weighted by atomic mass is 35.5. The number of terminal acetylenes is 1. The summed E-state index contributed by atoms with van der Waals surface area (Å²) < 4.78 is 28.0. The van der Waals surface area contributed by atoms with Crippen LogP contribution >= 0.6 is 22.9 Å². The van der Waals surface area contributed by atoms with Crippen LogP contribution in [0.2, 0.25) is 5.02 Å². The standard InChI is InChI=1S/C19H16ClN3O3S2/c1-4-12-23-17-15(20)6-5-7-16(17)27-19(23)21-18(24)13-8-10-14(11-9-13)28(25,26)22(2)3/h1,5-11H,12H2,2-3H3. The van der Waals surface area contributed by atoms with E-state index in [1.165, 1.54) is 49.7 Å². The minimum atomic E-state index is -3.56. The van der Waals surface area contributed by atoms with Gasteiger partial charge < -0.3 is 4.57 Å². The molecule has 0 aliphatic carbocycles. The molecular weight excluding hydrogens is 418 g/mol. The Morgan fingerprint density at radius 1 is 1.25 bits per heavy atom. The summed E-state index contributed by atoms with van der Waals surface area (Å²) in [6.07, 6.45) is 5.46. The Hall–Kier alpha value is -2.44. The van der Waals surface area contributed by atoms with Crippen molar-refractivity contribution in [3.05, 3.63) is 57.9 Å². The molecule has 0 aliphatic rings. The second-order valence-corrected chi connectivity index (χ2v) is 9.56. The fourth-order valence-corrected chi connectivity index (χ4v) is 4.83. The molecule has 0 fully saturated rings.